The molecular formula is C19H15N3O2S. The molecule has 2 aromatic heterocycles. The van der Waals surface area contributed by atoms with Gasteiger partial charge in [0.05, 0.1) is 5.75 Å². The van der Waals surface area contributed by atoms with Crippen molar-refractivity contribution in [3.63, 3.8) is 0 Å². The number of hydrogen-bond donors (Lipinski definition) is 1. The molecule has 2 heterocycles. The van der Waals surface area contributed by atoms with Gasteiger partial charge in [-0.1, -0.05) is 54.2 Å². The molecule has 5 nitrogen and oxygen atoms in total. The Kier molecular flexibility index (Phi) is 4.35. The Labute approximate surface area is 148 Å². The zero-order valence-corrected chi connectivity index (χ0v) is 14.1. The molecule has 25 heavy (non-hydrogen) atoms. The molecule has 4 aromatic rings. The van der Waals surface area contributed by atoms with Crippen LogP contribution in [0.15, 0.2) is 70.4 Å². The first-order chi connectivity index (χ1) is 12.3. The van der Waals surface area contributed by atoms with Crippen molar-refractivity contribution < 1.29 is 9.21 Å². The van der Waals surface area contributed by atoms with Gasteiger partial charge in [-0.05, 0) is 17.7 Å². The third kappa shape index (κ3) is 3.34. The van der Waals surface area contributed by atoms with E-state index in [0.717, 1.165) is 22.0 Å². The first kappa shape index (κ1) is 15.7. The summed E-state index contributed by atoms with van der Waals surface area (Å²) in [5.74, 6) is 0.229. The zero-order chi connectivity index (χ0) is 17.1. The van der Waals surface area contributed by atoms with Crippen molar-refractivity contribution in [2.24, 2.45) is 0 Å². The Morgan fingerprint density at radius 3 is 2.72 bits per heavy atom. The molecule has 4 rings (SSSR count). The lowest BCUT2D eigenvalue weighted by molar-refractivity contribution is -0.118. The molecule has 0 atom stereocenters. The van der Waals surface area contributed by atoms with Crippen LogP contribution >= 0.6 is 11.8 Å². The maximum absolute atomic E-state index is 12.1. The molecule has 0 saturated heterocycles. The van der Waals surface area contributed by atoms with E-state index in [1.807, 2.05) is 54.6 Å². The number of amides is 1. The van der Waals surface area contributed by atoms with Crippen LogP contribution in [0.2, 0.25) is 0 Å². The summed E-state index contributed by atoms with van der Waals surface area (Å²) in [4.78, 5) is 20.7. The average Bonchev–Trinajstić information content (AvgIpc) is 3.05. The van der Waals surface area contributed by atoms with Gasteiger partial charge >= 0.3 is 0 Å². The number of carbonyl (C=O) groups excluding carboxylic acids is 1. The summed E-state index contributed by atoms with van der Waals surface area (Å²) in [5, 5.41) is 4.54. The Morgan fingerprint density at radius 1 is 1.04 bits per heavy atom. The highest BCUT2D eigenvalue weighted by Gasteiger charge is 2.14. The largest absolute Gasteiger partial charge is 0.451 e. The number of rotatable bonds is 5. The highest BCUT2D eigenvalue weighted by molar-refractivity contribution is 8.00. The lowest BCUT2D eigenvalue weighted by atomic mass is 10.2. The maximum Gasteiger partial charge on any atom is 0.230 e. The van der Waals surface area contributed by atoms with E-state index in [2.05, 4.69) is 15.3 Å². The molecule has 0 radical (unpaired) electrons. The third-order valence-electron chi connectivity index (χ3n) is 3.80. The Balaban J connectivity index is 1.46. The first-order valence-corrected chi connectivity index (χ1v) is 8.85. The van der Waals surface area contributed by atoms with Crippen molar-refractivity contribution >= 4 is 39.7 Å². The van der Waals surface area contributed by atoms with Gasteiger partial charge in [-0.3, -0.25) is 4.79 Å². The van der Waals surface area contributed by atoms with Crippen LogP contribution in [-0.4, -0.2) is 21.6 Å². The topological polar surface area (TPSA) is 68.0 Å². The van der Waals surface area contributed by atoms with Crippen molar-refractivity contribution in [3.8, 4) is 0 Å². The normalized spacial score (nSPS) is 11.0. The quantitative estimate of drug-likeness (QED) is 0.439. The minimum atomic E-state index is -0.0447. The van der Waals surface area contributed by atoms with Crippen LogP contribution in [-0.2, 0) is 11.3 Å². The standard InChI is InChI=1S/C19H15N3O2S/c23-16(20-10-13-6-2-1-3-7-13)11-25-19-18-17(21-12-22-19)14-8-4-5-9-15(14)24-18/h1-9,12H,10-11H2,(H,20,23). The number of aromatic nitrogens is 2. The van der Waals surface area contributed by atoms with E-state index in [1.54, 1.807) is 0 Å². The summed E-state index contributed by atoms with van der Waals surface area (Å²) < 4.78 is 5.87. The van der Waals surface area contributed by atoms with Gasteiger partial charge in [0.25, 0.3) is 0 Å². The molecule has 0 spiro atoms. The molecule has 0 bridgehead atoms. The van der Waals surface area contributed by atoms with Crippen LogP contribution in [0.3, 0.4) is 0 Å². The van der Waals surface area contributed by atoms with Crippen LogP contribution in [0.1, 0.15) is 5.56 Å². The second-order valence-electron chi connectivity index (χ2n) is 5.51. The number of para-hydroxylation sites is 1. The van der Waals surface area contributed by atoms with E-state index in [-0.39, 0.29) is 11.7 Å². The second kappa shape index (κ2) is 6.94. The fourth-order valence-electron chi connectivity index (χ4n) is 2.59. The van der Waals surface area contributed by atoms with Crippen molar-refractivity contribution in [2.45, 2.75) is 11.6 Å². The van der Waals surface area contributed by atoms with Gasteiger partial charge in [0.2, 0.25) is 5.91 Å². The minimum Gasteiger partial charge on any atom is -0.451 e. The lowest BCUT2D eigenvalue weighted by Crippen LogP contribution is -2.24. The number of furan rings is 1. The highest BCUT2D eigenvalue weighted by Crippen LogP contribution is 2.32. The maximum atomic E-state index is 12.1. The molecule has 0 fully saturated rings. The fraction of sp³-hybridized carbons (Fsp3) is 0.105. The van der Waals surface area contributed by atoms with Crippen molar-refractivity contribution in [1.29, 1.82) is 0 Å². The molecule has 0 unspecified atom stereocenters. The SMILES string of the molecule is O=C(CSc1ncnc2c1oc1ccccc12)NCc1ccccc1. The van der Waals surface area contributed by atoms with Gasteiger partial charge in [-0.25, -0.2) is 9.97 Å². The van der Waals surface area contributed by atoms with Gasteiger partial charge in [0, 0.05) is 11.9 Å². The molecule has 0 aliphatic heterocycles. The predicted octanol–water partition coefficient (Wildman–Crippen LogP) is 3.78. The zero-order valence-electron chi connectivity index (χ0n) is 13.3. The van der Waals surface area contributed by atoms with Crippen molar-refractivity contribution in [1.82, 2.24) is 15.3 Å². The van der Waals surface area contributed by atoms with Crippen molar-refractivity contribution in [2.75, 3.05) is 5.75 Å². The molecular weight excluding hydrogens is 334 g/mol. The Bertz CT molecular complexity index is 1030. The number of benzene rings is 2. The number of hydrogen-bond acceptors (Lipinski definition) is 5. The van der Waals surface area contributed by atoms with Gasteiger partial charge in [0.1, 0.15) is 22.5 Å². The smallest absolute Gasteiger partial charge is 0.230 e. The molecule has 2 aromatic carbocycles. The van der Waals surface area contributed by atoms with Crippen LogP contribution in [0.5, 0.6) is 0 Å². The van der Waals surface area contributed by atoms with E-state index in [1.165, 1.54) is 18.1 Å². The second-order valence-corrected chi connectivity index (χ2v) is 6.47. The average molecular weight is 349 g/mol. The highest BCUT2D eigenvalue weighted by atomic mass is 32.2. The van der Waals surface area contributed by atoms with Crippen molar-refractivity contribution in [3.05, 3.63) is 66.5 Å². The summed E-state index contributed by atoms with van der Waals surface area (Å²) in [5.41, 5.74) is 3.25. The molecule has 1 amide bonds. The van der Waals surface area contributed by atoms with E-state index in [9.17, 15) is 4.79 Å². The van der Waals surface area contributed by atoms with Crippen LogP contribution < -0.4 is 5.32 Å². The van der Waals surface area contributed by atoms with Crippen LogP contribution in [0.4, 0.5) is 0 Å². The summed E-state index contributed by atoms with van der Waals surface area (Å²) in [7, 11) is 0. The number of nitrogens with one attached hydrogen (secondary N) is 1. The summed E-state index contributed by atoms with van der Waals surface area (Å²) in [6.07, 6.45) is 1.51. The first-order valence-electron chi connectivity index (χ1n) is 7.87. The molecule has 0 aliphatic carbocycles. The molecule has 6 heteroatoms. The molecule has 0 saturated carbocycles. The van der Waals surface area contributed by atoms with Gasteiger partial charge in [0.15, 0.2) is 5.58 Å². The molecule has 0 aliphatic rings. The van der Waals surface area contributed by atoms with Gasteiger partial charge in [-0.2, -0.15) is 0 Å². The van der Waals surface area contributed by atoms with Crippen LogP contribution in [0, 0.1) is 0 Å². The number of fused-ring (bicyclic) bond motifs is 3. The minimum absolute atomic E-state index is 0.0447. The Morgan fingerprint density at radius 2 is 1.84 bits per heavy atom. The Hall–Kier alpha value is -2.86. The third-order valence-corrected chi connectivity index (χ3v) is 4.77. The van der Waals surface area contributed by atoms with E-state index in [4.69, 9.17) is 4.42 Å². The van der Waals surface area contributed by atoms with E-state index in [0.29, 0.717) is 17.2 Å². The van der Waals surface area contributed by atoms with Gasteiger partial charge < -0.3 is 9.73 Å². The molecule has 1 N–H and O–H groups in total. The number of carbonyl (C=O) groups is 1. The summed E-state index contributed by atoms with van der Waals surface area (Å²) >= 11 is 1.35. The van der Waals surface area contributed by atoms with Crippen LogP contribution in [0.25, 0.3) is 22.1 Å². The number of thioether (sulfide) groups is 1. The van der Waals surface area contributed by atoms with E-state index >= 15 is 0 Å². The fourth-order valence-corrected chi connectivity index (χ4v) is 3.35. The molecule has 124 valence electrons. The summed E-state index contributed by atoms with van der Waals surface area (Å²) in [6, 6.07) is 17.6. The van der Waals surface area contributed by atoms with Gasteiger partial charge in [-0.15, -0.1) is 0 Å². The lowest BCUT2D eigenvalue weighted by Gasteiger charge is -2.05. The monoisotopic (exact) mass is 349 g/mol. The summed E-state index contributed by atoms with van der Waals surface area (Å²) in [6.45, 7) is 0.518. The van der Waals surface area contributed by atoms with E-state index < -0.39 is 0 Å². The predicted molar refractivity (Wildman–Crippen MR) is 98.3 cm³/mol. The number of nitrogens with zero attached hydrogens (tertiary/aromatic N) is 2.